The van der Waals surface area contributed by atoms with Gasteiger partial charge in [0.2, 0.25) is 5.91 Å². The number of carbonyl (C=O) groups is 3. The summed E-state index contributed by atoms with van der Waals surface area (Å²) in [5.41, 5.74) is 2.10. The highest BCUT2D eigenvalue weighted by atomic mass is 16.5. The van der Waals surface area contributed by atoms with E-state index in [9.17, 15) is 14.4 Å². The van der Waals surface area contributed by atoms with Crippen LogP contribution in [0.1, 0.15) is 32.7 Å². The number of nitrogens with one attached hydrogen (secondary N) is 2. The van der Waals surface area contributed by atoms with Crippen molar-refractivity contribution in [2.45, 2.75) is 13.3 Å². The van der Waals surface area contributed by atoms with E-state index in [0.29, 0.717) is 22.6 Å². The van der Waals surface area contributed by atoms with Gasteiger partial charge in [0.05, 0.1) is 25.3 Å². The van der Waals surface area contributed by atoms with Gasteiger partial charge in [0.1, 0.15) is 5.75 Å². The van der Waals surface area contributed by atoms with Crippen LogP contribution >= 0.6 is 0 Å². The lowest BCUT2D eigenvalue weighted by Crippen LogP contribution is -2.28. The van der Waals surface area contributed by atoms with Gasteiger partial charge in [-0.3, -0.25) is 9.59 Å². The maximum Gasteiger partial charge on any atom is 0.337 e. The molecule has 0 spiro atoms. The molecule has 7 nitrogen and oxygen atoms in total. The summed E-state index contributed by atoms with van der Waals surface area (Å²) in [6.07, 6.45) is 0.0861. The quantitative estimate of drug-likeness (QED) is 0.731. The van der Waals surface area contributed by atoms with Crippen molar-refractivity contribution in [2.75, 3.05) is 26.1 Å². The van der Waals surface area contributed by atoms with Gasteiger partial charge >= 0.3 is 5.97 Å². The summed E-state index contributed by atoms with van der Waals surface area (Å²) in [5, 5.41) is 5.43. The van der Waals surface area contributed by atoms with Crippen LogP contribution in [0, 0.1) is 6.92 Å². The molecular formula is C20H22N2O5. The second-order valence-electron chi connectivity index (χ2n) is 5.78. The van der Waals surface area contributed by atoms with Crippen molar-refractivity contribution in [2.24, 2.45) is 0 Å². The minimum absolute atomic E-state index is 0.0861. The Bertz CT molecular complexity index is 848. The summed E-state index contributed by atoms with van der Waals surface area (Å²) in [6, 6.07) is 11.8. The third kappa shape index (κ3) is 5.31. The number of rotatable bonds is 7. The van der Waals surface area contributed by atoms with E-state index in [4.69, 9.17) is 4.74 Å². The lowest BCUT2D eigenvalue weighted by Gasteiger charge is -2.11. The molecule has 0 saturated carbocycles. The van der Waals surface area contributed by atoms with Crippen LogP contribution < -0.4 is 15.4 Å². The zero-order valence-electron chi connectivity index (χ0n) is 15.5. The number of aryl methyl sites for hydroxylation is 1. The van der Waals surface area contributed by atoms with Gasteiger partial charge in [0.15, 0.2) is 0 Å². The van der Waals surface area contributed by atoms with E-state index in [1.165, 1.54) is 14.2 Å². The van der Waals surface area contributed by atoms with E-state index in [1.54, 1.807) is 42.5 Å². The van der Waals surface area contributed by atoms with Crippen molar-refractivity contribution in [3.8, 4) is 5.75 Å². The minimum Gasteiger partial charge on any atom is -0.496 e. The Morgan fingerprint density at radius 3 is 2.48 bits per heavy atom. The number of hydrogen-bond donors (Lipinski definition) is 2. The molecule has 2 rings (SSSR count). The number of benzene rings is 2. The second-order valence-corrected chi connectivity index (χ2v) is 5.78. The third-order valence-electron chi connectivity index (χ3n) is 3.92. The molecule has 0 heterocycles. The van der Waals surface area contributed by atoms with E-state index < -0.39 is 5.97 Å². The fourth-order valence-electron chi connectivity index (χ4n) is 2.43. The average molecular weight is 370 g/mol. The van der Waals surface area contributed by atoms with Gasteiger partial charge in [-0.05, 0) is 36.8 Å². The van der Waals surface area contributed by atoms with Gasteiger partial charge in [-0.25, -0.2) is 4.79 Å². The number of esters is 1. The Morgan fingerprint density at radius 2 is 1.78 bits per heavy atom. The highest BCUT2D eigenvalue weighted by Gasteiger charge is 2.13. The van der Waals surface area contributed by atoms with Crippen LogP contribution in [-0.2, 0) is 9.53 Å². The van der Waals surface area contributed by atoms with Crippen LogP contribution in [-0.4, -0.2) is 38.5 Å². The lowest BCUT2D eigenvalue weighted by molar-refractivity contribution is -0.116. The van der Waals surface area contributed by atoms with Gasteiger partial charge < -0.3 is 20.1 Å². The molecule has 142 valence electrons. The summed E-state index contributed by atoms with van der Waals surface area (Å²) in [7, 11) is 2.79. The largest absolute Gasteiger partial charge is 0.496 e. The maximum absolute atomic E-state index is 12.2. The number of carbonyl (C=O) groups excluding carboxylic acids is 3. The number of hydrogen-bond acceptors (Lipinski definition) is 5. The van der Waals surface area contributed by atoms with E-state index in [2.05, 4.69) is 15.4 Å². The summed E-state index contributed by atoms with van der Waals surface area (Å²) in [4.78, 5) is 36.0. The second kappa shape index (κ2) is 9.38. The first-order valence-electron chi connectivity index (χ1n) is 8.36. The van der Waals surface area contributed by atoms with Crippen LogP contribution in [0.2, 0.25) is 0 Å². The Kier molecular flexibility index (Phi) is 6.93. The standard InChI is InChI=1S/C20H22N2O5/c1-13-8-9-14(20(25)27-3)12-16(13)22-18(23)10-11-21-19(24)15-6-4-5-7-17(15)26-2/h4-9,12H,10-11H2,1-3H3,(H,21,24)(H,22,23). The van der Waals surface area contributed by atoms with Crippen molar-refractivity contribution in [3.63, 3.8) is 0 Å². The van der Waals surface area contributed by atoms with E-state index in [-0.39, 0.29) is 24.8 Å². The van der Waals surface area contributed by atoms with Crippen molar-refractivity contribution >= 4 is 23.5 Å². The third-order valence-corrected chi connectivity index (χ3v) is 3.92. The van der Waals surface area contributed by atoms with Crippen LogP contribution in [0.3, 0.4) is 0 Å². The molecule has 0 radical (unpaired) electrons. The topological polar surface area (TPSA) is 93.7 Å². The number of para-hydroxylation sites is 1. The molecule has 0 aliphatic heterocycles. The van der Waals surface area contributed by atoms with Crippen molar-refractivity contribution < 1.29 is 23.9 Å². The Hall–Kier alpha value is -3.35. The molecule has 0 unspecified atom stereocenters. The van der Waals surface area contributed by atoms with Gasteiger partial charge in [0.25, 0.3) is 5.91 Å². The first-order chi connectivity index (χ1) is 13.0. The Balaban J connectivity index is 1.91. The van der Waals surface area contributed by atoms with Crippen LogP contribution in [0.4, 0.5) is 5.69 Å². The van der Waals surface area contributed by atoms with E-state index in [1.807, 2.05) is 6.92 Å². The van der Waals surface area contributed by atoms with Crippen molar-refractivity contribution in [1.29, 1.82) is 0 Å². The van der Waals surface area contributed by atoms with Crippen LogP contribution in [0.15, 0.2) is 42.5 Å². The molecule has 0 aromatic heterocycles. The predicted octanol–water partition coefficient (Wildman–Crippen LogP) is 2.55. The average Bonchev–Trinajstić information content (AvgIpc) is 2.68. The van der Waals surface area contributed by atoms with Gasteiger partial charge in [-0.15, -0.1) is 0 Å². The van der Waals surface area contributed by atoms with E-state index >= 15 is 0 Å². The van der Waals surface area contributed by atoms with Crippen molar-refractivity contribution in [1.82, 2.24) is 5.32 Å². The molecule has 0 saturated heterocycles. The lowest BCUT2D eigenvalue weighted by atomic mass is 10.1. The smallest absolute Gasteiger partial charge is 0.337 e. The van der Waals surface area contributed by atoms with Gasteiger partial charge in [0, 0.05) is 18.7 Å². The SMILES string of the molecule is COC(=O)c1ccc(C)c(NC(=O)CCNC(=O)c2ccccc2OC)c1. The first-order valence-corrected chi connectivity index (χ1v) is 8.36. The molecule has 2 aromatic carbocycles. The Morgan fingerprint density at radius 1 is 1.04 bits per heavy atom. The molecule has 2 aromatic rings. The number of ether oxygens (including phenoxy) is 2. The van der Waals surface area contributed by atoms with E-state index in [0.717, 1.165) is 5.56 Å². The monoisotopic (exact) mass is 370 g/mol. The van der Waals surface area contributed by atoms with Crippen LogP contribution in [0.5, 0.6) is 5.75 Å². The molecule has 0 aliphatic rings. The molecule has 0 atom stereocenters. The molecule has 2 N–H and O–H groups in total. The normalized spacial score (nSPS) is 10.0. The molecule has 2 amide bonds. The zero-order chi connectivity index (χ0) is 19.8. The highest BCUT2D eigenvalue weighted by Crippen LogP contribution is 2.18. The number of anilines is 1. The highest BCUT2D eigenvalue weighted by molar-refractivity contribution is 5.98. The molecule has 27 heavy (non-hydrogen) atoms. The number of methoxy groups -OCH3 is 2. The van der Waals surface area contributed by atoms with Crippen LogP contribution in [0.25, 0.3) is 0 Å². The number of amides is 2. The maximum atomic E-state index is 12.2. The minimum atomic E-state index is -0.477. The fourth-order valence-corrected chi connectivity index (χ4v) is 2.43. The summed E-state index contributed by atoms with van der Waals surface area (Å²) >= 11 is 0. The zero-order valence-corrected chi connectivity index (χ0v) is 15.5. The van der Waals surface area contributed by atoms with Gasteiger partial charge in [-0.2, -0.15) is 0 Å². The molecule has 0 fully saturated rings. The summed E-state index contributed by atoms with van der Waals surface area (Å²) < 4.78 is 9.83. The van der Waals surface area contributed by atoms with Gasteiger partial charge in [-0.1, -0.05) is 18.2 Å². The molecule has 7 heteroatoms. The summed E-state index contributed by atoms with van der Waals surface area (Å²) in [5.74, 6) is -0.603. The summed E-state index contributed by atoms with van der Waals surface area (Å²) in [6.45, 7) is 1.98. The Labute approximate surface area is 157 Å². The molecular weight excluding hydrogens is 348 g/mol. The predicted molar refractivity (Wildman–Crippen MR) is 101 cm³/mol. The fraction of sp³-hybridized carbons (Fsp3) is 0.250. The first kappa shape index (κ1) is 20.0. The molecule has 0 aliphatic carbocycles. The molecule has 0 bridgehead atoms. The van der Waals surface area contributed by atoms with Crippen molar-refractivity contribution in [3.05, 3.63) is 59.2 Å².